The molecular weight excluding hydrogens is 580 g/mol. The van der Waals surface area contributed by atoms with Gasteiger partial charge in [0.2, 0.25) is 5.88 Å². The molecule has 1 aromatic carbocycles. The van der Waals surface area contributed by atoms with Crippen molar-refractivity contribution in [3.8, 4) is 18.2 Å². The molecule has 0 aliphatic carbocycles. The number of hydrogen-bond acceptors (Lipinski definition) is 8. The summed E-state index contributed by atoms with van der Waals surface area (Å²) in [7, 11) is 0. The van der Waals surface area contributed by atoms with Crippen LogP contribution in [0.15, 0.2) is 57.7 Å². The first-order valence-electron chi connectivity index (χ1n) is 11.9. The van der Waals surface area contributed by atoms with Crippen LogP contribution in [0.1, 0.15) is 38.7 Å². The molecule has 4 aromatic heterocycles. The number of terminal acetylenes is 1. The predicted molar refractivity (Wildman–Crippen MR) is 155 cm³/mol. The van der Waals surface area contributed by atoms with Crippen LogP contribution >= 0.6 is 27.5 Å². The van der Waals surface area contributed by atoms with Crippen LogP contribution in [0.2, 0.25) is 0 Å². The molecule has 0 atom stereocenters. The van der Waals surface area contributed by atoms with Gasteiger partial charge in [0, 0.05) is 34.6 Å². The molecule has 4 N–H and O–H groups in total. The first-order chi connectivity index (χ1) is 18.7. The third-order valence-corrected chi connectivity index (χ3v) is 7.44. The number of aromatic hydroxyl groups is 1. The van der Waals surface area contributed by atoms with Gasteiger partial charge < -0.3 is 20.2 Å². The van der Waals surface area contributed by atoms with E-state index in [0.29, 0.717) is 34.7 Å². The van der Waals surface area contributed by atoms with Crippen LogP contribution in [0.4, 0.5) is 10.7 Å². The fraction of sp³-hybridized carbons (Fsp3) is 0.143. The van der Waals surface area contributed by atoms with Crippen molar-refractivity contribution in [2.75, 3.05) is 11.9 Å². The number of nitrogens with zero attached hydrogens (tertiary/aromatic N) is 3. The van der Waals surface area contributed by atoms with Gasteiger partial charge in [0.1, 0.15) is 33.6 Å². The Kier molecular flexibility index (Phi) is 7.24. The molecule has 9 nitrogen and oxygen atoms in total. The van der Waals surface area contributed by atoms with Crippen LogP contribution in [0, 0.1) is 31.6 Å². The zero-order valence-electron chi connectivity index (χ0n) is 21.0. The van der Waals surface area contributed by atoms with Gasteiger partial charge in [-0.1, -0.05) is 21.9 Å². The van der Waals surface area contributed by atoms with Gasteiger partial charge in [-0.15, -0.1) is 6.42 Å². The highest BCUT2D eigenvalue weighted by Gasteiger charge is 2.20. The summed E-state index contributed by atoms with van der Waals surface area (Å²) in [5.74, 6) is 3.74. The van der Waals surface area contributed by atoms with E-state index in [0.717, 1.165) is 38.5 Å². The first kappa shape index (κ1) is 26.2. The fourth-order valence-corrected chi connectivity index (χ4v) is 5.69. The molecule has 0 bridgehead atoms. The lowest BCUT2D eigenvalue weighted by molar-refractivity contribution is 0.0960. The number of fused-ring (bicyclic) bond motifs is 1. The molecule has 11 heteroatoms. The van der Waals surface area contributed by atoms with Crippen LogP contribution in [0.5, 0.6) is 5.88 Å². The summed E-state index contributed by atoms with van der Waals surface area (Å²) in [5.41, 5.74) is 3.35. The van der Waals surface area contributed by atoms with Gasteiger partial charge in [-0.05, 0) is 67.3 Å². The Hall–Kier alpha value is -4.40. The minimum absolute atomic E-state index is 0.0270. The number of hydrogen-bond donors (Lipinski definition) is 4. The Morgan fingerprint density at radius 3 is 2.79 bits per heavy atom. The highest BCUT2D eigenvalue weighted by Crippen LogP contribution is 2.33. The monoisotopic (exact) mass is 602 g/mol. The van der Waals surface area contributed by atoms with Crippen LogP contribution in [-0.2, 0) is 6.42 Å². The number of anilines is 2. The summed E-state index contributed by atoms with van der Waals surface area (Å²) in [6, 6.07) is 10.8. The minimum atomic E-state index is -0.297. The van der Waals surface area contributed by atoms with Gasteiger partial charge in [-0.25, -0.2) is 4.98 Å². The molecule has 0 aliphatic rings. The fourth-order valence-electron chi connectivity index (χ4n) is 4.21. The largest absolute Gasteiger partial charge is 0.492 e. The number of benzene rings is 1. The molecule has 0 fully saturated rings. The average molecular weight is 604 g/mol. The number of pyridine rings is 1. The Morgan fingerprint density at radius 1 is 1.28 bits per heavy atom. The van der Waals surface area contributed by atoms with Crippen molar-refractivity contribution < 1.29 is 14.3 Å². The van der Waals surface area contributed by atoms with E-state index in [1.165, 1.54) is 6.20 Å². The molecule has 5 rings (SSSR count). The predicted octanol–water partition coefficient (Wildman–Crippen LogP) is 5.74. The maximum atomic E-state index is 13.3. The number of carbonyl (C=O) groups excluding carboxylic acids is 1. The second-order valence-electron chi connectivity index (χ2n) is 8.82. The zero-order chi connectivity index (χ0) is 27.7. The first-order valence-corrected chi connectivity index (χ1v) is 13.4. The summed E-state index contributed by atoms with van der Waals surface area (Å²) in [6.45, 7) is 4.26. The summed E-state index contributed by atoms with van der Waals surface area (Å²) >= 11 is 4.57. The number of rotatable bonds is 7. The molecule has 0 aliphatic heterocycles. The van der Waals surface area contributed by atoms with Gasteiger partial charge in [0.15, 0.2) is 0 Å². The Morgan fingerprint density at radius 2 is 2.10 bits per heavy atom. The number of carbonyl (C=O) groups is 1. The van der Waals surface area contributed by atoms with Crippen molar-refractivity contribution >= 4 is 60.8 Å². The van der Waals surface area contributed by atoms with Crippen LogP contribution in [-0.4, -0.2) is 37.3 Å². The standard InChI is InChI=1S/C28H23BrN6O3S/c1-4-17-11-20(29)23-15(2)14-35(22(23)12-17)28(37)21-8-6-18(13-32-21)33-27-24(26(36)34-39-27)25(30)31-10-9-19-7-5-16(3)38-19/h1,5-8,11-14,33H,9-10H2,2-3H3,(H2,30,31)(H,34,36). The Labute approximate surface area is 236 Å². The minimum Gasteiger partial charge on any atom is -0.492 e. The van der Waals surface area contributed by atoms with Crippen molar-refractivity contribution in [1.29, 1.82) is 5.41 Å². The maximum absolute atomic E-state index is 13.3. The van der Waals surface area contributed by atoms with E-state index < -0.39 is 0 Å². The number of aromatic nitrogens is 3. The second kappa shape index (κ2) is 10.8. The topological polar surface area (TPSA) is 129 Å². The third kappa shape index (κ3) is 5.30. The zero-order valence-corrected chi connectivity index (χ0v) is 23.4. The van der Waals surface area contributed by atoms with Crippen molar-refractivity contribution in [3.63, 3.8) is 0 Å². The molecule has 0 amide bonds. The number of aryl methyl sites for hydroxylation is 2. The number of nitrogens with one attached hydrogen (secondary N) is 3. The number of furan rings is 1. The van der Waals surface area contributed by atoms with E-state index in [2.05, 4.69) is 41.8 Å². The smallest absolute Gasteiger partial charge is 0.280 e. The summed E-state index contributed by atoms with van der Waals surface area (Å²) in [4.78, 5) is 17.7. The van der Waals surface area contributed by atoms with E-state index in [1.54, 1.807) is 29.0 Å². The highest BCUT2D eigenvalue weighted by molar-refractivity contribution is 9.10. The molecule has 0 unspecified atom stereocenters. The van der Waals surface area contributed by atoms with Crippen molar-refractivity contribution in [2.24, 2.45) is 0 Å². The van der Waals surface area contributed by atoms with Crippen molar-refractivity contribution in [3.05, 3.63) is 87.2 Å². The van der Waals surface area contributed by atoms with Gasteiger partial charge in [0.25, 0.3) is 5.91 Å². The molecule has 0 spiro atoms. The number of halogens is 1. The van der Waals surface area contributed by atoms with Gasteiger partial charge >= 0.3 is 0 Å². The third-order valence-electron chi connectivity index (χ3n) is 6.07. The lowest BCUT2D eigenvalue weighted by atomic mass is 10.1. The van der Waals surface area contributed by atoms with E-state index in [-0.39, 0.29) is 28.9 Å². The van der Waals surface area contributed by atoms with Gasteiger partial charge in [-0.2, -0.15) is 4.37 Å². The molecule has 39 heavy (non-hydrogen) atoms. The SMILES string of the molecule is C#Cc1cc(Br)c2c(C)cn(C(=O)c3ccc(Nc4snc(O)c4C(=N)NCCc4ccc(C)o4)cn3)c2c1. The Bertz CT molecular complexity index is 1760. The van der Waals surface area contributed by atoms with Crippen LogP contribution in [0.25, 0.3) is 10.9 Å². The molecule has 4 heterocycles. The normalized spacial score (nSPS) is 10.9. The van der Waals surface area contributed by atoms with E-state index in [1.807, 2.05) is 32.0 Å². The van der Waals surface area contributed by atoms with E-state index in [9.17, 15) is 9.90 Å². The summed E-state index contributed by atoms with van der Waals surface area (Å²) in [6.07, 6.45) is 9.47. The van der Waals surface area contributed by atoms with E-state index in [4.69, 9.17) is 16.2 Å². The lowest BCUT2D eigenvalue weighted by Gasteiger charge is -2.10. The molecule has 0 radical (unpaired) electrons. The van der Waals surface area contributed by atoms with Crippen molar-refractivity contribution in [2.45, 2.75) is 20.3 Å². The molecular formula is C28H23BrN6O3S. The van der Waals surface area contributed by atoms with Crippen LogP contribution < -0.4 is 10.6 Å². The number of amidine groups is 1. The molecule has 5 aromatic rings. The average Bonchev–Trinajstić information content (AvgIpc) is 3.60. The summed E-state index contributed by atoms with van der Waals surface area (Å²) in [5, 5.41) is 26.2. The molecule has 0 saturated heterocycles. The summed E-state index contributed by atoms with van der Waals surface area (Å²) < 4.78 is 11.9. The molecule has 0 saturated carbocycles. The van der Waals surface area contributed by atoms with Gasteiger partial charge in [-0.3, -0.25) is 14.8 Å². The van der Waals surface area contributed by atoms with Crippen LogP contribution in [0.3, 0.4) is 0 Å². The Balaban J connectivity index is 1.31. The maximum Gasteiger partial charge on any atom is 0.280 e. The molecule has 196 valence electrons. The highest BCUT2D eigenvalue weighted by atomic mass is 79.9. The van der Waals surface area contributed by atoms with E-state index >= 15 is 0 Å². The quantitative estimate of drug-likeness (QED) is 0.106. The lowest BCUT2D eigenvalue weighted by Crippen LogP contribution is -2.26. The second-order valence-corrected chi connectivity index (χ2v) is 10.4. The van der Waals surface area contributed by atoms with Gasteiger partial charge in [0.05, 0.1) is 17.4 Å². The van der Waals surface area contributed by atoms with Crippen molar-refractivity contribution in [1.82, 2.24) is 19.2 Å².